The van der Waals surface area contributed by atoms with E-state index in [0.29, 0.717) is 0 Å². The Morgan fingerprint density at radius 3 is 2.95 bits per heavy atom. The number of hydrogen-bond donors (Lipinski definition) is 2. The fraction of sp³-hybridized carbons (Fsp3) is 0.375. The number of nitrogens with one attached hydrogen (secondary N) is 2. The molecule has 0 fully saturated rings. The lowest BCUT2D eigenvalue weighted by Crippen LogP contribution is -2.16. The zero-order valence-corrected chi connectivity index (χ0v) is 13.7. The first-order chi connectivity index (χ1) is 10.8. The summed E-state index contributed by atoms with van der Waals surface area (Å²) in [6.07, 6.45) is 3.69. The van der Waals surface area contributed by atoms with Crippen LogP contribution in [-0.2, 0) is 19.4 Å². The fourth-order valence-electron chi connectivity index (χ4n) is 2.34. The van der Waals surface area contributed by atoms with Crippen molar-refractivity contribution < 1.29 is 4.42 Å². The maximum atomic E-state index is 5.77. The number of nitrogens with zero attached hydrogens (tertiary/aromatic N) is 2. The fourth-order valence-corrected chi connectivity index (χ4v) is 3.36. The molecule has 0 spiro atoms. The van der Waals surface area contributed by atoms with E-state index in [-0.39, 0.29) is 0 Å². The van der Waals surface area contributed by atoms with Crippen molar-refractivity contribution in [3.8, 4) is 11.5 Å². The van der Waals surface area contributed by atoms with Crippen molar-refractivity contribution in [2.45, 2.75) is 33.2 Å². The van der Waals surface area contributed by atoms with E-state index < -0.39 is 0 Å². The summed E-state index contributed by atoms with van der Waals surface area (Å²) in [5.41, 5.74) is 2.13. The molecule has 3 aromatic heterocycles. The molecule has 3 heterocycles. The van der Waals surface area contributed by atoms with Gasteiger partial charge in [-0.3, -0.25) is 5.10 Å². The summed E-state index contributed by atoms with van der Waals surface area (Å²) >= 11 is 1.80. The monoisotopic (exact) mass is 316 g/mol. The van der Waals surface area contributed by atoms with Gasteiger partial charge < -0.3 is 9.73 Å². The Bertz CT molecular complexity index is 714. The van der Waals surface area contributed by atoms with Gasteiger partial charge in [0, 0.05) is 24.0 Å². The first-order valence-electron chi connectivity index (χ1n) is 7.50. The number of rotatable bonds is 7. The van der Waals surface area contributed by atoms with Crippen molar-refractivity contribution in [1.29, 1.82) is 0 Å². The van der Waals surface area contributed by atoms with Gasteiger partial charge in [0.25, 0.3) is 0 Å². The highest BCUT2D eigenvalue weighted by atomic mass is 32.1. The molecule has 6 heteroatoms. The molecule has 0 aliphatic heterocycles. The molecule has 0 saturated carbocycles. The van der Waals surface area contributed by atoms with Crippen LogP contribution in [0.4, 0.5) is 0 Å². The number of hydrogen-bond acceptors (Lipinski definition) is 5. The molecule has 3 aromatic rings. The second-order valence-corrected chi connectivity index (χ2v) is 6.41. The number of furan rings is 1. The molecular formula is C16H20N4OS. The molecule has 2 N–H and O–H groups in total. The summed E-state index contributed by atoms with van der Waals surface area (Å²) in [5.74, 6) is 1.74. The lowest BCUT2D eigenvalue weighted by atomic mass is 10.3. The maximum Gasteiger partial charge on any atom is 0.152 e. The lowest BCUT2D eigenvalue weighted by molar-refractivity contribution is 0.493. The van der Waals surface area contributed by atoms with Crippen LogP contribution in [-0.4, -0.2) is 21.7 Å². The Hall–Kier alpha value is -1.92. The highest BCUT2D eigenvalue weighted by Crippen LogP contribution is 2.20. The van der Waals surface area contributed by atoms with Crippen molar-refractivity contribution in [2.75, 3.05) is 6.54 Å². The van der Waals surface area contributed by atoms with E-state index in [9.17, 15) is 0 Å². The molecule has 0 atom stereocenters. The van der Waals surface area contributed by atoms with Crippen LogP contribution in [0, 0.1) is 6.92 Å². The van der Waals surface area contributed by atoms with E-state index in [1.165, 1.54) is 15.6 Å². The minimum Gasteiger partial charge on any atom is -0.458 e. The average Bonchev–Trinajstić information content (AvgIpc) is 3.24. The first-order valence-corrected chi connectivity index (χ1v) is 8.32. The topological polar surface area (TPSA) is 66.7 Å². The summed E-state index contributed by atoms with van der Waals surface area (Å²) in [5, 5.41) is 11.4. The molecule has 22 heavy (non-hydrogen) atoms. The van der Waals surface area contributed by atoms with E-state index in [2.05, 4.69) is 34.3 Å². The van der Waals surface area contributed by atoms with Gasteiger partial charge in [-0.25, -0.2) is 4.98 Å². The highest BCUT2D eigenvalue weighted by molar-refractivity contribution is 7.11. The van der Waals surface area contributed by atoms with Gasteiger partial charge in [-0.1, -0.05) is 6.92 Å². The molecule has 0 unspecified atom stereocenters. The predicted octanol–water partition coefficient (Wildman–Crippen LogP) is 3.33. The van der Waals surface area contributed by atoms with Crippen molar-refractivity contribution in [3.05, 3.63) is 45.7 Å². The molecule has 0 aliphatic rings. The summed E-state index contributed by atoms with van der Waals surface area (Å²) in [6.45, 7) is 5.92. The summed E-state index contributed by atoms with van der Waals surface area (Å²) in [6, 6.07) is 5.85. The normalized spacial score (nSPS) is 11.2. The smallest absolute Gasteiger partial charge is 0.152 e. The molecular weight excluding hydrogens is 296 g/mol. The largest absolute Gasteiger partial charge is 0.458 e. The average molecular weight is 316 g/mol. The Balaban J connectivity index is 1.47. The molecule has 116 valence electrons. The van der Waals surface area contributed by atoms with Gasteiger partial charge in [0.05, 0.1) is 17.2 Å². The zero-order chi connectivity index (χ0) is 15.4. The van der Waals surface area contributed by atoms with Crippen LogP contribution < -0.4 is 5.32 Å². The summed E-state index contributed by atoms with van der Waals surface area (Å²) in [7, 11) is 0. The van der Waals surface area contributed by atoms with Gasteiger partial charge >= 0.3 is 0 Å². The quantitative estimate of drug-likeness (QED) is 0.656. The van der Waals surface area contributed by atoms with Gasteiger partial charge in [-0.2, -0.15) is 5.10 Å². The molecule has 3 rings (SSSR count). The zero-order valence-electron chi connectivity index (χ0n) is 12.8. The van der Waals surface area contributed by atoms with E-state index in [4.69, 9.17) is 4.42 Å². The van der Waals surface area contributed by atoms with E-state index in [1.807, 2.05) is 18.2 Å². The minimum absolute atomic E-state index is 0.721. The Kier molecular flexibility index (Phi) is 4.70. The summed E-state index contributed by atoms with van der Waals surface area (Å²) in [4.78, 5) is 6.00. The van der Waals surface area contributed by atoms with Crippen molar-refractivity contribution in [3.63, 3.8) is 0 Å². The van der Waals surface area contributed by atoms with Gasteiger partial charge in [-0.05, 0) is 31.5 Å². The Morgan fingerprint density at radius 2 is 2.23 bits per heavy atom. The molecule has 0 aliphatic carbocycles. The van der Waals surface area contributed by atoms with E-state index in [0.717, 1.165) is 43.1 Å². The predicted molar refractivity (Wildman–Crippen MR) is 87.9 cm³/mol. The van der Waals surface area contributed by atoms with Crippen molar-refractivity contribution in [1.82, 2.24) is 20.5 Å². The van der Waals surface area contributed by atoms with Crippen LogP contribution in [0.2, 0.25) is 0 Å². The molecule has 0 bridgehead atoms. The van der Waals surface area contributed by atoms with Crippen LogP contribution in [0.25, 0.3) is 11.5 Å². The standard InChI is InChI=1S/C16H20N4OS/c1-3-13-11(2)22-16(19-13)7-8-17-10-12-4-5-15(21-12)14-6-9-18-20-14/h4-6,9,17H,3,7-8,10H2,1-2H3,(H,18,20). The van der Waals surface area contributed by atoms with Gasteiger partial charge in [0.15, 0.2) is 5.76 Å². The molecule has 0 amide bonds. The van der Waals surface area contributed by atoms with Crippen LogP contribution >= 0.6 is 11.3 Å². The summed E-state index contributed by atoms with van der Waals surface area (Å²) < 4.78 is 5.77. The highest BCUT2D eigenvalue weighted by Gasteiger charge is 2.07. The minimum atomic E-state index is 0.721. The first kappa shape index (κ1) is 15.0. The van der Waals surface area contributed by atoms with Crippen LogP contribution in [0.15, 0.2) is 28.8 Å². The van der Waals surface area contributed by atoms with Gasteiger partial charge in [0.1, 0.15) is 11.5 Å². The maximum absolute atomic E-state index is 5.77. The second-order valence-electron chi connectivity index (χ2n) is 5.13. The van der Waals surface area contributed by atoms with E-state index in [1.54, 1.807) is 17.5 Å². The Labute approximate surface area is 133 Å². The number of aromatic nitrogens is 3. The third-order valence-corrected chi connectivity index (χ3v) is 4.59. The molecule has 5 nitrogen and oxygen atoms in total. The van der Waals surface area contributed by atoms with E-state index >= 15 is 0 Å². The van der Waals surface area contributed by atoms with Crippen molar-refractivity contribution in [2.24, 2.45) is 0 Å². The molecule has 0 saturated heterocycles. The van der Waals surface area contributed by atoms with Crippen LogP contribution in [0.1, 0.15) is 28.3 Å². The van der Waals surface area contributed by atoms with Crippen LogP contribution in [0.3, 0.4) is 0 Å². The SMILES string of the molecule is CCc1nc(CCNCc2ccc(-c3ccn[nH]3)o2)sc1C. The molecule has 0 aromatic carbocycles. The second kappa shape index (κ2) is 6.89. The number of H-pyrrole nitrogens is 1. The lowest BCUT2D eigenvalue weighted by Gasteiger charge is -2.00. The number of thiazole rings is 1. The Morgan fingerprint density at radius 1 is 1.32 bits per heavy atom. The number of aryl methyl sites for hydroxylation is 2. The third-order valence-electron chi connectivity index (χ3n) is 3.51. The van der Waals surface area contributed by atoms with Crippen molar-refractivity contribution >= 4 is 11.3 Å². The van der Waals surface area contributed by atoms with Gasteiger partial charge in [0.2, 0.25) is 0 Å². The third kappa shape index (κ3) is 3.45. The molecule has 0 radical (unpaired) electrons. The van der Waals surface area contributed by atoms with Gasteiger partial charge in [-0.15, -0.1) is 11.3 Å². The number of aromatic amines is 1. The van der Waals surface area contributed by atoms with Crippen LogP contribution in [0.5, 0.6) is 0 Å².